The third-order valence-electron chi connectivity index (χ3n) is 1.42. The summed E-state index contributed by atoms with van der Waals surface area (Å²) in [4.78, 5) is 10.6. The summed E-state index contributed by atoms with van der Waals surface area (Å²) in [6.07, 6.45) is -4.05. The SMILES string of the molecule is Cc1nn(C(F)(F)F)cc1C(N)=O. The van der Waals surface area contributed by atoms with E-state index in [9.17, 15) is 18.0 Å². The van der Waals surface area contributed by atoms with E-state index >= 15 is 0 Å². The van der Waals surface area contributed by atoms with Gasteiger partial charge in [0, 0.05) is 6.20 Å². The van der Waals surface area contributed by atoms with E-state index < -0.39 is 12.2 Å². The molecule has 0 aliphatic rings. The fourth-order valence-electron chi connectivity index (χ4n) is 0.832. The number of hydrogen-bond donors (Lipinski definition) is 1. The van der Waals surface area contributed by atoms with Crippen LogP contribution in [0.25, 0.3) is 0 Å². The van der Waals surface area contributed by atoms with Gasteiger partial charge in [0.2, 0.25) is 0 Å². The maximum atomic E-state index is 12.0. The summed E-state index contributed by atoms with van der Waals surface area (Å²) in [5.74, 6) is -0.923. The fraction of sp³-hybridized carbons (Fsp3) is 0.333. The van der Waals surface area contributed by atoms with Gasteiger partial charge in [0.25, 0.3) is 5.91 Å². The number of primary amides is 1. The third-order valence-corrected chi connectivity index (χ3v) is 1.42. The number of hydrogen-bond acceptors (Lipinski definition) is 2. The highest BCUT2D eigenvalue weighted by Crippen LogP contribution is 2.22. The Balaban J connectivity index is 3.17. The Kier molecular flexibility index (Phi) is 2.02. The number of nitrogens with zero attached hydrogens (tertiary/aromatic N) is 2. The van der Waals surface area contributed by atoms with Crippen molar-refractivity contribution in [2.75, 3.05) is 0 Å². The van der Waals surface area contributed by atoms with Crippen LogP contribution in [0.2, 0.25) is 0 Å². The molecule has 1 aromatic rings. The molecule has 0 atom stereocenters. The standard InChI is InChI=1S/C6H6F3N3O/c1-3-4(5(10)13)2-12(11-3)6(7,8)9/h2H,1H3,(H2,10,13). The van der Waals surface area contributed by atoms with Crippen molar-refractivity contribution in [1.29, 1.82) is 0 Å². The average molecular weight is 193 g/mol. The summed E-state index contributed by atoms with van der Waals surface area (Å²) < 4.78 is 35.7. The van der Waals surface area contributed by atoms with E-state index in [-0.39, 0.29) is 15.9 Å². The zero-order valence-electron chi connectivity index (χ0n) is 6.59. The summed E-state index contributed by atoms with van der Waals surface area (Å²) in [7, 11) is 0. The van der Waals surface area contributed by atoms with Crippen LogP contribution in [0.5, 0.6) is 0 Å². The molecule has 0 spiro atoms. The van der Waals surface area contributed by atoms with Crippen LogP contribution in [0, 0.1) is 6.92 Å². The highest BCUT2D eigenvalue weighted by Gasteiger charge is 2.32. The largest absolute Gasteiger partial charge is 0.504 e. The predicted octanol–water partition coefficient (Wildman–Crippen LogP) is 0.767. The van der Waals surface area contributed by atoms with Gasteiger partial charge in [-0.1, -0.05) is 0 Å². The molecule has 1 rings (SSSR count). The molecule has 0 aliphatic heterocycles. The van der Waals surface area contributed by atoms with Crippen LogP contribution in [0.4, 0.5) is 13.2 Å². The van der Waals surface area contributed by atoms with Crippen molar-refractivity contribution in [3.05, 3.63) is 17.5 Å². The van der Waals surface area contributed by atoms with Crippen molar-refractivity contribution in [3.63, 3.8) is 0 Å². The number of alkyl halides is 3. The first-order chi connectivity index (χ1) is 5.82. The first-order valence-electron chi connectivity index (χ1n) is 3.25. The molecule has 1 heterocycles. The number of carbonyl (C=O) groups excluding carboxylic acids is 1. The van der Waals surface area contributed by atoms with Crippen LogP contribution >= 0.6 is 0 Å². The van der Waals surface area contributed by atoms with Gasteiger partial charge in [-0.15, -0.1) is 13.2 Å². The van der Waals surface area contributed by atoms with Gasteiger partial charge in [0.1, 0.15) is 0 Å². The smallest absolute Gasteiger partial charge is 0.365 e. The Morgan fingerprint density at radius 3 is 2.38 bits per heavy atom. The zero-order valence-corrected chi connectivity index (χ0v) is 6.59. The molecule has 0 bridgehead atoms. The Labute approximate surface area is 71.1 Å². The van der Waals surface area contributed by atoms with Crippen molar-refractivity contribution < 1.29 is 18.0 Å². The van der Waals surface area contributed by atoms with Crippen LogP contribution in [0.15, 0.2) is 6.20 Å². The maximum Gasteiger partial charge on any atom is 0.504 e. The Bertz CT molecular complexity index is 341. The van der Waals surface area contributed by atoms with Gasteiger partial charge in [-0.05, 0) is 6.92 Å². The highest BCUT2D eigenvalue weighted by molar-refractivity contribution is 5.93. The topological polar surface area (TPSA) is 60.9 Å². The van der Waals surface area contributed by atoms with E-state index in [4.69, 9.17) is 5.73 Å². The van der Waals surface area contributed by atoms with E-state index in [0.29, 0.717) is 6.20 Å². The minimum atomic E-state index is -4.61. The molecule has 13 heavy (non-hydrogen) atoms. The summed E-state index contributed by atoms with van der Waals surface area (Å²) in [6.45, 7) is 1.28. The average Bonchev–Trinajstić information content (AvgIpc) is 2.29. The fourth-order valence-corrected chi connectivity index (χ4v) is 0.832. The molecule has 4 nitrogen and oxygen atoms in total. The van der Waals surface area contributed by atoms with E-state index in [1.807, 2.05) is 0 Å². The minimum Gasteiger partial charge on any atom is -0.365 e. The lowest BCUT2D eigenvalue weighted by molar-refractivity contribution is -0.212. The molecule has 1 amide bonds. The number of carbonyl (C=O) groups is 1. The van der Waals surface area contributed by atoms with E-state index in [1.165, 1.54) is 6.92 Å². The number of amides is 1. The van der Waals surface area contributed by atoms with Crippen LogP contribution in [-0.4, -0.2) is 15.7 Å². The molecule has 0 saturated carbocycles. The number of aromatic nitrogens is 2. The lowest BCUT2D eigenvalue weighted by atomic mass is 10.2. The molecule has 1 aromatic heterocycles. The molecule has 2 N–H and O–H groups in total. The molecule has 7 heteroatoms. The lowest BCUT2D eigenvalue weighted by Gasteiger charge is -2.03. The minimum absolute atomic E-state index is 0.0372. The van der Waals surface area contributed by atoms with Crippen molar-refractivity contribution >= 4 is 5.91 Å². The van der Waals surface area contributed by atoms with Crippen LogP contribution < -0.4 is 5.73 Å². The van der Waals surface area contributed by atoms with Crippen LogP contribution in [0.3, 0.4) is 0 Å². The summed E-state index contributed by atoms with van der Waals surface area (Å²) >= 11 is 0. The zero-order chi connectivity index (χ0) is 10.2. The van der Waals surface area contributed by atoms with Crippen LogP contribution in [0.1, 0.15) is 16.1 Å². The van der Waals surface area contributed by atoms with Gasteiger partial charge in [-0.2, -0.15) is 9.78 Å². The number of nitrogens with two attached hydrogens (primary N) is 1. The van der Waals surface area contributed by atoms with Crippen molar-refractivity contribution in [2.24, 2.45) is 5.73 Å². The highest BCUT2D eigenvalue weighted by atomic mass is 19.4. The van der Waals surface area contributed by atoms with Gasteiger partial charge in [-0.25, -0.2) is 0 Å². The van der Waals surface area contributed by atoms with Crippen LogP contribution in [-0.2, 0) is 6.30 Å². The molecule has 0 unspecified atom stereocenters. The quantitative estimate of drug-likeness (QED) is 0.715. The molecule has 72 valence electrons. The van der Waals surface area contributed by atoms with Crippen molar-refractivity contribution in [2.45, 2.75) is 13.2 Å². The molecule has 0 radical (unpaired) electrons. The van der Waals surface area contributed by atoms with Gasteiger partial charge in [0.15, 0.2) is 0 Å². The monoisotopic (exact) mass is 193 g/mol. The molecule has 0 saturated heterocycles. The second-order valence-corrected chi connectivity index (χ2v) is 2.40. The molecule has 0 aromatic carbocycles. The maximum absolute atomic E-state index is 12.0. The number of rotatable bonds is 1. The summed E-state index contributed by atoms with van der Waals surface area (Å²) in [5, 5.41) is 3.09. The molecular formula is C6H6F3N3O. The molecule has 0 aliphatic carbocycles. The van der Waals surface area contributed by atoms with E-state index in [0.717, 1.165) is 0 Å². The third kappa shape index (κ3) is 1.79. The molecule has 0 fully saturated rings. The summed E-state index contributed by atoms with van der Waals surface area (Å²) in [6, 6.07) is 0. The number of aryl methyl sites for hydroxylation is 1. The predicted molar refractivity (Wildman–Crippen MR) is 36.8 cm³/mol. The van der Waals surface area contributed by atoms with Gasteiger partial charge >= 0.3 is 6.30 Å². The Hall–Kier alpha value is -1.53. The van der Waals surface area contributed by atoms with E-state index in [2.05, 4.69) is 5.10 Å². The molecular weight excluding hydrogens is 187 g/mol. The number of halogens is 3. The summed E-state index contributed by atoms with van der Waals surface area (Å²) in [5.41, 5.74) is 4.55. The lowest BCUT2D eigenvalue weighted by Crippen LogP contribution is -2.17. The Morgan fingerprint density at radius 2 is 2.15 bits per heavy atom. The van der Waals surface area contributed by atoms with Gasteiger partial charge in [0.05, 0.1) is 11.3 Å². The second kappa shape index (κ2) is 2.75. The second-order valence-electron chi connectivity index (χ2n) is 2.40. The normalized spacial score (nSPS) is 11.7. The van der Waals surface area contributed by atoms with E-state index in [1.54, 1.807) is 0 Å². The first kappa shape index (κ1) is 9.56. The van der Waals surface area contributed by atoms with Crippen molar-refractivity contribution in [1.82, 2.24) is 9.78 Å². The van der Waals surface area contributed by atoms with Crippen molar-refractivity contribution in [3.8, 4) is 0 Å². The first-order valence-corrected chi connectivity index (χ1v) is 3.25. The Morgan fingerprint density at radius 1 is 1.62 bits per heavy atom. The van der Waals surface area contributed by atoms with Gasteiger partial charge in [-0.3, -0.25) is 4.79 Å². The van der Waals surface area contributed by atoms with Gasteiger partial charge < -0.3 is 5.73 Å².